The maximum absolute atomic E-state index is 4.75. The number of likely N-dealkylation sites (N-methyl/N-ethyl adjacent to an activating group) is 1. The van der Waals surface area contributed by atoms with Crippen molar-refractivity contribution in [3.63, 3.8) is 0 Å². The summed E-state index contributed by atoms with van der Waals surface area (Å²) in [6.45, 7) is 6.21. The lowest BCUT2D eigenvalue weighted by Gasteiger charge is -2.33. The van der Waals surface area contributed by atoms with Crippen LogP contribution in [0.1, 0.15) is 5.01 Å². The summed E-state index contributed by atoms with van der Waals surface area (Å²) in [5.41, 5.74) is 5.46. The Morgan fingerprint density at radius 1 is 0.833 bits per heavy atom. The molecule has 152 valence electrons. The molecule has 1 saturated heterocycles. The molecule has 4 aromatic rings. The number of aryl methyl sites for hydroxylation is 1. The lowest BCUT2D eigenvalue weighted by Crippen LogP contribution is -2.44. The van der Waals surface area contributed by atoms with E-state index in [-0.39, 0.29) is 0 Å². The Bertz CT molecular complexity index is 1140. The highest BCUT2D eigenvalue weighted by Crippen LogP contribution is 2.33. The molecule has 0 amide bonds. The van der Waals surface area contributed by atoms with Crippen molar-refractivity contribution in [3.8, 4) is 33.0 Å². The molecule has 5 nitrogen and oxygen atoms in total. The molecule has 1 fully saturated rings. The largest absolute Gasteiger partial charge is 0.354 e. The van der Waals surface area contributed by atoms with Gasteiger partial charge in [-0.3, -0.25) is 4.98 Å². The minimum absolute atomic E-state index is 0.974. The number of piperazine rings is 1. The quantitative estimate of drug-likeness (QED) is 0.450. The van der Waals surface area contributed by atoms with Gasteiger partial charge in [0.05, 0.1) is 21.3 Å². The predicted molar refractivity (Wildman–Crippen MR) is 126 cm³/mol. The van der Waals surface area contributed by atoms with Crippen LogP contribution in [0.5, 0.6) is 0 Å². The van der Waals surface area contributed by atoms with E-state index in [2.05, 4.69) is 61.8 Å². The Balaban J connectivity index is 1.35. The van der Waals surface area contributed by atoms with Crippen LogP contribution in [-0.2, 0) is 0 Å². The number of rotatable bonds is 4. The fourth-order valence-corrected chi connectivity index (χ4v) is 5.19. The Morgan fingerprint density at radius 2 is 1.70 bits per heavy atom. The van der Waals surface area contributed by atoms with Crippen molar-refractivity contribution < 1.29 is 0 Å². The monoisotopic (exact) mass is 433 g/mol. The second kappa shape index (κ2) is 8.26. The second-order valence-corrected chi connectivity index (χ2v) is 9.55. The third kappa shape index (κ3) is 4.01. The fourth-order valence-electron chi connectivity index (χ4n) is 3.62. The SMILES string of the molecule is Cc1nc(-c2cc(-c3ccc(-c4ccnc(N5CCN(C)CC5)c4)nc3)cs2)cs1. The molecule has 30 heavy (non-hydrogen) atoms. The molecule has 0 saturated carbocycles. The lowest BCUT2D eigenvalue weighted by atomic mass is 10.1. The molecule has 0 radical (unpaired) electrons. The van der Waals surface area contributed by atoms with Gasteiger partial charge in [-0.05, 0) is 49.2 Å². The van der Waals surface area contributed by atoms with E-state index in [0.717, 1.165) is 59.5 Å². The van der Waals surface area contributed by atoms with Gasteiger partial charge in [0, 0.05) is 55.1 Å². The van der Waals surface area contributed by atoms with Crippen LogP contribution in [0.2, 0.25) is 0 Å². The third-order valence-corrected chi connectivity index (χ3v) is 7.16. The highest BCUT2D eigenvalue weighted by molar-refractivity contribution is 7.14. The number of nitrogens with zero attached hydrogens (tertiary/aromatic N) is 5. The van der Waals surface area contributed by atoms with Gasteiger partial charge in [-0.2, -0.15) is 0 Å². The molecule has 0 atom stereocenters. The van der Waals surface area contributed by atoms with Gasteiger partial charge < -0.3 is 9.80 Å². The van der Waals surface area contributed by atoms with E-state index in [1.165, 1.54) is 10.4 Å². The maximum atomic E-state index is 4.75. The summed E-state index contributed by atoms with van der Waals surface area (Å²) < 4.78 is 0. The second-order valence-electron chi connectivity index (χ2n) is 7.58. The van der Waals surface area contributed by atoms with Crippen molar-refractivity contribution in [2.24, 2.45) is 0 Å². The van der Waals surface area contributed by atoms with E-state index < -0.39 is 0 Å². The first kappa shape index (κ1) is 19.4. The third-order valence-electron chi connectivity index (χ3n) is 5.44. The zero-order valence-electron chi connectivity index (χ0n) is 17.1. The average molecular weight is 434 g/mol. The van der Waals surface area contributed by atoms with Gasteiger partial charge >= 0.3 is 0 Å². The van der Waals surface area contributed by atoms with Gasteiger partial charge in [-0.25, -0.2) is 9.97 Å². The molecule has 0 bridgehead atoms. The number of thiazole rings is 1. The molecule has 1 aliphatic heterocycles. The first-order chi connectivity index (χ1) is 14.7. The summed E-state index contributed by atoms with van der Waals surface area (Å²) in [4.78, 5) is 19.8. The van der Waals surface area contributed by atoms with E-state index in [1.54, 1.807) is 22.7 Å². The highest BCUT2D eigenvalue weighted by Gasteiger charge is 2.16. The Kier molecular flexibility index (Phi) is 5.33. The smallest absolute Gasteiger partial charge is 0.129 e. The van der Waals surface area contributed by atoms with Gasteiger partial charge in [0.1, 0.15) is 5.82 Å². The van der Waals surface area contributed by atoms with Gasteiger partial charge in [-0.15, -0.1) is 22.7 Å². The first-order valence-corrected chi connectivity index (χ1v) is 11.8. The van der Waals surface area contributed by atoms with Crippen LogP contribution in [0, 0.1) is 6.92 Å². The highest BCUT2D eigenvalue weighted by atomic mass is 32.1. The molecule has 0 aliphatic carbocycles. The van der Waals surface area contributed by atoms with Gasteiger partial charge in [0.25, 0.3) is 0 Å². The molecule has 0 spiro atoms. The number of thiophene rings is 1. The van der Waals surface area contributed by atoms with Crippen LogP contribution in [0.15, 0.2) is 53.5 Å². The van der Waals surface area contributed by atoms with E-state index in [4.69, 9.17) is 4.98 Å². The van der Waals surface area contributed by atoms with Crippen molar-refractivity contribution in [3.05, 3.63) is 58.5 Å². The summed E-state index contributed by atoms with van der Waals surface area (Å²) in [6.07, 6.45) is 3.85. The van der Waals surface area contributed by atoms with Crippen molar-refractivity contribution in [1.29, 1.82) is 0 Å². The Morgan fingerprint density at radius 3 is 2.43 bits per heavy atom. The van der Waals surface area contributed by atoms with Crippen LogP contribution < -0.4 is 4.90 Å². The number of hydrogen-bond acceptors (Lipinski definition) is 7. The molecule has 0 N–H and O–H groups in total. The van der Waals surface area contributed by atoms with Crippen molar-refractivity contribution in [2.45, 2.75) is 6.92 Å². The molecule has 5 heterocycles. The topological polar surface area (TPSA) is 45.2 Å². The molecular formula is C23H23N5S2. The zero-order chi connectivity index (χ0) is 20.5. The van der Waals surface area contributed by atoms with Crippen LogP contribution in [0.3, 0.4) is 0 Å². The Labute approximate surface area is 184 Å². The summed E-state index contributed by atoms with van der Waals surface area (Å²) in [5.74, 6) is 1.03. The minimum Gasteiger partial charge on any atom is -0.354 e. The number of pyridine rings is 2. The van der Waals surface area contributed by atoms with E-state index in [1.807, 2.05) is 25.4 Å². The van der Waals surface area contributed by atoms with Gasteiger partial charge in [-0.1, -0.05) is 6.07 Å². The van der Waals surface area contributed by atoms with Crippen molar-refractivity contribution in [1.82, 2.24) is 19.9 Å². The van der Waals surface area contributed by atoms with Crippen LogP contribution in [-0.4, -0.2) is 53.1 Å². The molecule has 7 heteroatoms. The Hall–Kier alpha value is -2.61. The first-order valence-electron chi connectivity index (χ1n) is 10.0. The zero-order valence-corrected chi connectivity index (χ0v) is 18.7. The van der Waals surface area contributed by atoms with Crippen LogP contribution in [0.4, 0.5) is 5.82 Å². The van der Waals surface area contributed by atoms with E-state index >= 15 is 0 Å². The minimum atomic E-state index is 0.974. The maximum Gasteiger partial charge on any atom is 0.129 e. The van der Waals surface area contributed by atoms with Crippen molar-refractivity contribution in [2.75, 3.05) is 38.1 Å². The fraction of sp³-hybridized carbons (Fsp3) is 0.261. The molecule has 1 aliphatic rings. The number of aromatic nitrogens is 3. The van der Waals surface area contributed by atoms with Gasteiger partial charge in [0.15, 0.2) is 0 Å². The summed E-state index contributed by atoms with van der Waals surface area (Å²) >= 11 is 3.42. The molecule has 5 rings (SSSR count). The van der Waals surface area contributed by atoms with Crippen LogP contribution in [0.25, 0.3) is 33.0 Å². The number of anilines is 1. The average Bonchev–Trinajstić information content (AvgIpc) is 3.44. The van der Waals surface area contributed by atoms with Crippen LogP contribution >= 0.6 is 22.7 Å². The van der Waals surface area contributed by atoms with E-state index in [0.29, 0.717) is 0 Å². The predicted octanol–water partition coefficient (Wildman–Crippen LogP) is 5.06. The number of hydrogen-bond donors (Lipinski definition) is 0. The summed E-state index contributed by atoms with van der Waals surface area (Å²) in [6, 6.07) is 10.6. The van der Waals surface area contributed by atoms with Gasteiger partial charge in [0.2, 0.25) is 0 Å². The molecular weight excluding hydrogens is 410 g/mol. The standard InChI is InChI=1S/C23H23N5S2/c1-16-26-21(15-29-16)22-11-19(14-30-22)18-3-4-20(25-13-18)17-5-6-24-23(12-17)28-9-7-27(2)8-10-28/h3-6,11-15H,7-10H2,1-2H3. The lowest BCUT2D eigenvalue weighted by molar-refractivity contribution is 0.312. The molecule has 4 aromatic heterocycles. The summed E-state index contributed by atoms with van der Waals surface area (Å²) in [5, 5.41) is 5.39. The summed E-state index contributed by atoms with van der Waals surface area (Å²) in [7, 11) is 2.17. The van der Waals surface area contributed by atoms with E-state index in [9.17, 15) is 0 Å². The molecule has 0 unspecified atom stereocenters. The van der Waals surface area contributed by atoms with Crippen molar-refractivity contribution >= 4 is 28.5 Å². The molecule has 0 aromatic carbocycles. The normalized spacial score (nSPS) is 14.9.